The van der Waals surface area contributed by atoms with Crippen molar-refractivity contribution in [3.8, 4) is 0 Å². The lowest BCUT2D eigenvalue weighted by Crippen LogP contribution is -2.16. The van der Waals surface area contributed by atoms with E-state index in [1.807, 2.05) is 5.38 Å². The summed E-state index contributed by atoms with van der Waals surface area (Å²) < 4.78 is 9.42. The highest BCUT2D eigenvalue weighted by Crippen LogP contribution is 2.30. The van der Waals surface area contributed by atoms with Crippen LogP contribution >= 0.6 is 11.3 Å². The van der Waals surface area contributed by atoms with E-state index in [2.05, 4.69) is 5.32 Å². The van der Waals surface area contributed by atoms with E-state index in [4.69, 9.17) is 9.47 Å². The average molecular weight is 373 g/mol. The zero-order valence-corrected chi connectivity index (χ0v) is 15.4. The molecular weight excluding hydrogens is 354 g/mol. The molecule has 136 valence electrons. The number of esters is 2. The molecule has 0 spiro atoms. The number of hydrogen-bond acceptors (Lipinski definition) is 6. The maximum atomic E-state index is 12.7. The van der Waals surface area contributed by atoms with E-state index in [0.717, 1.165) is 31.2 Å². The van der Waals surface area contributed by atoms with Crippen molar-refractivity contribution in [2.45, 2.75) is 25.7 Å². The normalized spacial score (nSPS) is 12.8. The number of rotatable bonds is 4. The predicted molar refractivity (Wildman–Crippen MR) is 98.0 cm³/mol. The lowest BCUT2D eigenvalue weighted by Gasteiger charge is -2.13. The number of anilines is 1. The second-order valence-electron chi connectivity index (χ2n) is 5.99. The summed E-state index contributed by atoms with van der Waals surface area (Å²) in [5, 5.41) is 4.66. The van der Waals surface area contributed by atoms with Crippen molar-refractivity contribution in [3.05, 3.63) is 50.7 Å². The smallest absolute Gasteiger partial charge is 0.337 e. The molecule has 6 nitrogen and oxygen atoms in total. The van der Waals surface area contributed by atoms with Crippen LogP contribution < -0.4 is 5.32 Å². The summed E-state index contributed by atoms with van der Waals surface area (Å²) in [5.74, 6) is -1.44. The number of carbonyl (C=O) groups excluding carboxylic acids is 3. The van der Waals surface area contributed by atoms with Gasteiger partial charge in [-0.15, -0.1) is 11.3 Å². The van der Waals surface area contributed by atoms with Crippen LogP contribution in [0.1, 0.15) is 54.4 Å². The number of hydrogen-bond donors (Lipinski definition) is 1. The Morgan fingerprint density at radius 3 is 2.19 bits per heavy atom. The topological polar surface area (TPSA) is 81.7 Å². The first-order valence-corrected chi connectivity index (χ1v) is 9.13. The van der Waals surface area contributed by atoms with Gasteiger partial charge in [0.25, 0.3) is 5.91 Å². The van der Waals surface area contributed by atoms with Crippen LogP contribution in [0.15, 0.2) is 23.6 Å². The number of fused-ring (bicyclic) bond motifs is 1. The lowest BCUT2D eigenvalue weighted by molar-refractivity contribution is 0.0599. The van der Waals surface area contributed by atoms with E-state index in [0.29, 0.717) is 11.3 Å². The Labute approximate surface area is 155 Å². The zero-order valence-electron chi connectivity index (χ0n) is 14.6. The van der Waals surface area contributed by atoms with Crippen LogP contribution in [-0.4, -0.2) is 32.1 Å². The van der Waals surface area contributed by atoms with Crippen LogP contribution in [0.25, 0.3) is 0 Å². The maximum absolute atomic E-state index is 12.7. The number of ether oxygens (including phenoxy) is 2. The van der Waals surface area contributed by atoms with Gasteiger partial charge in [0.15, 0.2) is 0 Å². The minimum absolute atomic E-state index is 0.165. The van der Waals surface area contributed by atoms with E-state index in [1.165, 1.54) is 37.3 Å². The van der Waals surface area contributed by atoms with Crippen LogP contribution in [0.4, 0.5) is 5.69 Å². The largest absolute Gasteiger partial charge is 0.465 e. The summed E-state index contributed by atoms with van der Waals surface area (Å²) in [4.78, 5) is 37.7. The molecular formula is C19H19NO5S. The third-order valence-corrected chi connectivity index (χ3v) is 5.43. The first-order valence-electron chi connectivity index (χ1n) is 8.25. The van der Waals surface area contributed by atoms with Gasteiger partial charge in [-0.3, -0.25) is 4.79 Å². The minimum atomic E-state index is -0.598. The standard InChI is InChI=1S/C19H19NO5S/c1-24-18(22)11-7-12(19(23)25-2)9-13(8-11)20-17(21)15-10-26-16-6-4-3-5-14(15)16/h7-10H,3-6H2,1-2H3,(H,20,21). The number of thiophene rings is 1. The molecule has 0 saturated carbocycles. The highest BCUT2D eigenvalue weighted by atomic mass is 32.1. The van der Waals surface area contributed by atoms with Crippen LogP contribution in [0.3, 0.4) is 0 Å². The number of methoxy groups -OCH3 is 2. The van der Waals surface area contributed by atoms with Gasteiger partial charge in [0.1, 0.15) is 0 Å². The maximum Gasteiger partial charge on any atom is 0.337 e. The molecule has 0 bridgehead atoms. The molecule has 1 aromatic carbocycles. The van der Waals surface area contributed by atoms with Gasteiger partial charge in [-0.25, -0.2) is 9.59 Å². The Kier molecular flexibility index (Phi) is 5.37. The van der Waals surface area contributed by atoms with Crippen LogP contribution in [0.5, 0.6) is 0 Å². The first-order chi connectivity index (χ1) is 12.5. The first kappa shape index (κ1) is 18.1. The summed E-state index contributed by atoms with van der Waals surface area (Å²) in [6, 6.07) is 4.34. The fourth-order valence-electron chi connectivity index (χ4n) is 3.05. The van der Waals surface area contributed by atoms with Crippen LogP contribution in [0, 0.1) is 0 Å². The van der Waals surface area contributed by atoms with Crippen molar-refractivity contribution < 1.29 is 23.9 Å². The molecule has 1 aliphatic rings. The summed E-state index contributed by atoms with van der Waals surface area (Å²) in [7, 11) is 2.51. The Bertz CT molecular complexity index is 837. The Balaban J connectivity index is 1.91. The molecule has 0 fully saturated rings. The number of benzene rings is 1. The van der Waals surface area contributed by atoms with Crippen molar-refractivity contribution >= 4 is 34.9 Å². The molecule has 0 unspecified atom stereocenters. The second kappa shape index (κ2) is 7.70. The van der Waals surface area contributed by atoms with Gasteiger partial charge in [0.05, 0.1) is 30.9 Å². The number of nitrogens with one attached hydrogen (secondary N) is 1. The van der Waals surface area contributed by atoms with Crippen LogP contribution in [-0.2, 0) is 22.3 Å². The molecule has 3 rings (SSSR count). The van der Waals surface area contributed by atoms with Crippen molar-refractivity contribution in [2.75, 3.05) is 19.5 Å². The summed E-state index contributed by atoms with van der Waals surface area (Å²) in [6.45, 7) is 0. The Morgan fingerprint density at radius 1 is 0.962 bits per heavy atom. The van der Waals surface area contributed by atoms with Crippen molar-refractivity contribution in [3.63, 3.8) is 0 Å². The summed E-state index contributed by atoms with van der Waals surface area (Å²) in [6.07, 6.45) is 4.14. The minimum Gasteiger partial charge on any atom is -0.465 e. The Hall–Kier alpha value is -2.67. The molecule has 26 heavy (non-hydrogen) atoms. The molecule has 0 atom stereocenters. The molecule has 1 N–H and O–H groups in total. The quantitative estimate of drug-likeness (QED) is 0.830. The van der Waals surface area contributed by atoms with E-state index >= 15 is 0 Å². The Morgan fingerprint density at radius 2 is 1.58 bits per heavy atom. The third-order valence-electron chi connectivity index (χ3n) is 4.34. The highest BCUT2D eigenvalue weighted by molar-refractivity contribution is 7.10. The van der Waals surface area contributed by atoms with Crippen molar-refractivity contribution in [1.82, 2.24) is 0 Å². The van der Waals surface area contributed by atoms with Gasteiger partial charge >= 0.3 is 11.9 Å². The number of amides is 1. The van der Waals surface area contributed by atoms with Crippen molar-refractivity contribution in [1.29, 1.82) is 0 Å². The number of aryl methyl sites for hydroxylation is 1. The molecule has 7 heteroatoms. The van der Waals surface area contributed by atoms with Crippen molar-refractivity contribution in [2.24, 2.45) is 0 Å². The molecule has 0 radical (unpaired) electrons. The molecule has 1 aromatic heterocycles. The molecule has 2 aromatic rings. The van der Waals surface area contributed by atoms with Crippen LogP contribution in [0.2, 0.25) is 0 Å². The van der Waals surface area contributed by atoms with Gasteiger partial charge in [-0.2, -0.15) is 0 Å². The monoisotopic (exact) mass is 373 g/mol. The third kappa shape index (κ3) is 3.62. The fourth-order valence-corrected chi connectivity index (χ4v) is 4.18. The van der Waals surface area contributed by atoms with E-state index in [9.17, 15) is 14.4 Å². The van der Waals surface area contributed by atoms with Gasteiger partial charge in [-0.05, 0) is 49.4 Å². The van der Waals surface area contributed by atoms with E-state index in [-0.39, 0.29) is 17.0 Å². The van der Waals surface area contributed by atoms with E-state index in [1.54, 1.807) is 11.3 Å². The molecule has 1 heterocycles. The summed E-state index contributed by atoms with van der Waals surface area (Å²) >= 11 is 1.61. The molecule has 0 saturated heterocycles. The molecule has 1 aliphatic carbocycles. The van der Waals surface area contributed by atoms with Gasteiger partial charge < -0.3 is 14.8 Å². The van der Waals surface area contributed by atoms with Gasteiger partial charge in [0.2, 0.25) is 0 Å². The molecule has 1 amide bonds. The average Bonchev–Trinajstić information content (AvgIpc) is 3.10. The van der Waals surface area contributed by atoms with Gasteiger partial charge in [-0.1, -0.05) is 0 Å². The lowest BCUT2D eigenvalue weighted by atomic mass is 9.95. The van der Waals surface area contributed by atoms with Gasteiger partial charge in [0, 0.05) is 15.9 Å². The zero-order chi connectivity index (χ0) is 18.7. The fraction of sp³-hybridized carbons (Fsp3) is 0.316. The summed E-state index contributed by atoms with van der Waals surface area (Å²) in [5.41, 5.74) is 2.44. The SMILES string of the molecule is COC(=O)c1cc(NC(=O)c2csc3c2CCCC3)cc(C(=O)OC)c1. The van der Waals surface area contributed by atoms with E-state index < -0.39 is 11.9 Å². The molecule has 0 aliphatic heterocycles. The predicted octanol–water partition coefficient (Wildman–Crippen LogP) is 3.45. The number of carbonyl (C=O) groups is 3. The highest BCUT2D eigenvalue weighted by Gasteiger charge is 2.21. The second-order valence-corrected chi connectivity index (χ2v) is 6.96.